The molecule has 4 saturated heterocycles. The van der Waals surface area contributed by atoms with Crippen molar-refractivity contribution < 1.29 is 38.2 Å². The molecule has 0 bridgehead atoms. The number of amides is 3. The molecule has 0 spiro atoms. The molecule has 8 atom stereocenters. The van der Waals surface area contributed by atoms with Gasteiger partial charge >= 0.3 is 11.9 Å². The first-order valence-electron chi connectivity index (χ1n) is 21.1. The van der Waals surface area contributed by atoms with Gasteiger partial charge in [0.15, 0.2) is 0 Å². The molecule has 1 saturated carbocycles. The fourth-order valence-corrected chi connectivity index (χ4v) is 12.6. The summed E-state index contributed by atoms with van der Waals surface area (Å²) in [6.45, 7) is 0. The first kappa shape index (κ1) is 42.5. The Bertz CT molecular complexity index is 1540. The number of ether oxygens (including phenoxy) is 2. The molecular weight excluding hydrogens is 751 g/mol. The van der Waals surface area contributed by atoms with Crippen molar-refractivity contribution >= 4 is 59.0 Å². The van der Waals surface area contributed by atoms with E-state index in [1.807, 2.05) is 30.3 Å². The third kappa shape index (κ3) is 10.5. The lowest BCUT2D eigenvalue weighted by atomic mass is 9.78. The SMILES string of the molecule is COC(=O)[C@@H]1CCC[C@@H]2SCC[C@H](CC(=O)[C@H](CC[C@H](CC3CCCCC3)C(=O)N[C@H]3CCS[C@H]4CCC[C@@H](C(=O)OC)N4C3=O)Cc3ccccc3)C(=O)N21. The van der Waals surface area contributed by atoms with Crippen LogP contribution in [0.2, 0.25) is 0 Å². The summed E-state index contributed by atoms with van der Waals surface area (Å²) in [6, 6.07) is 7.91. The summed E-state index contributed by atoms with van der Waals surface area (Å²) >= 11 is 3.36. The van der Waals surface area contributed by atoms with E-state index in [4.69, 9.17) is 9.47 Å². The van der Waals surface area contributed by atoms with Gasteiger partial charge in [0.25, 0.3) is 0 Å². The molecule has 1 aliphatic carbocycles. The van der Waals surface area contributed by atoms with Gasteiger partial charge < -0.3 is 24.6 Å². The van der Waals surface area contributed by atoms with Crippen molar-refractivity contribution in [1.82, 2.24) is 15.1 Å². The Hall–Kier alpha value is -3.06. The van der Waals surface area contributed by atoms with Crippen LogP contribution in [0.4, 0.5) is 0 Å². The summed E-state index contributed by atoms with van der Waals surface area (Å²) < 4.78 is 10.2. The van der Waals surface area contributed by atoms with Gasteiger partial charge in [-0.1, -0.05) is 62.4 Å². The number of nitrogens with one attached hydrogen (secondary N) is 1. The molecular formula is C43H61N3O8S2. The molecule has 1 aromatic rings. The predicted molar refractivity (Wildman–Crippen MR) is 217 cm³/mol. The largest absolute Gasteiger partial charge is 0.467 e. The number of methoxy groups -OCH3 is 2. The van der Waals surface area contributed by atoms with Gasteiger partial charge in [0.05, 0.1) is 25.0 Å². The van der Waals surface area contributed by atoms with Gasteiger partial charge in [-0.05, 0) is 100 Å². The number of carbonyl (C=O) groups excluding carboxylic acids is 6. The lowest BCUT2D eigenvalue weighted by Crippen LogP contribution is -2.57. The van der Waals surface area contributed by atoms with Gasteiger partial charge in [0.1, 0.15) is 23.9 Å². The lowest BCUT2D eigenvalue weighted by molar-refractivity contribution is -0.157. The number of esters is 2. The molecule has 1 aromatic carbocycles. The molecule has 0 radical (unpaired) electrons. The molecule has 3 amide bonds. The maximum absolute atomic E-state index is 14.5. The Kier molecular flexibility index (Phi) is 15.6. The van der Waals surface area contributed by atoms with Crippen LogP contribution in [0.5, 0.6) is 0 Å². The number of benzene rings is 1. The zero-order valence-electron chi connectivity index (χ0n) is 33.2. The molecule has 56 heavy (non-hydrogen) atoms. The molecule has 11 nitrogen and oxygen atoms in total. The van der Waals surface area contributed by atoms with Gasteiger partial charge in [-0.2, -0.15) is 0 Å². The van der Waals surface area contributed by atoms with E-state index in [2.05, 4.69) is 5.32 Å². The zero-order valence-corrected chi connectivity index (χ0v) is 34.8. The average Bonchev–Trinajstić information content (AvgIpc) is 3.48. The van der Waals surface area contributed by atoms with Crippen LogP contribution in [-0.4, -0.2) is 99.8 Å². The second kappa shape index (κ2) is 20.6. The van der Waals surface area contributed by atoms with Gasteiger partial charge in [0, 0.05) is 24.2 Å². The summed E-state index contributed by atoms with van der Waals surface area (Å²) in [7, 11) is 2.71. The number of piperidine rings is 2. The number of hydrogen-bond donors (Lipinski definition) is 1. The van der Waals surface area contributed by atoms with Crippen LogP contribution in [0.3, 0.4) is 0 Å². The fourth-order valence-electron chi connectivity index (χ4n) is 9.77. The van der Waals surface area contributed by atoms with Gasteiger partial charge in [-0.3, -0.25) is 19.2 Å². The van der Waals surface area contributed by atoms with Crippen molar-refractivity contribution in [3.8, 4) is 0 Å². The topological polar surface area (TPSA) is 139 Å². The number of nitrogens with zero attached hydrogens (tertiary/aromatic N) is 2. The first-order valence-corrected chi connectivity index (χ1v) is 23.2. The summed E-state index contributed by atoms with van der Waals surface area (Å²) in [5.41, 5.74) is 1.03. The summed E-state index contributed by atoms with van der Waals surface area (Å²) in [5.74, 6) is -0.763. The van der Waals surface area contributed by atoms with Crippen molar-refractivity contribution in [2.75, 3.05) is 25.7 Å². The molecule has 1 N–H and O–H groups in total. The molecule has 6 rings (SSSR count). The Morgan fingerprint density at radius 1 is 0.714 bits per heavy atom. The minimum Gasteiger partial charge on any atom is -0.467 e. The van der Waals surface area contributed by atoms with Crippen LogP contribution in [0, 0.1) is 23.7 Å². The summed E-state index contributed by atoms with van der Waals surface area (Å²) in [6.07, 6.45) is 13.4. The van der Waals surface area contributed by atoms with Gasteiger partial charge in [0.2, 0.25) is 17.7 Å². The molecule has 308 valence electrons. The normalized spacial score (nSPS) is 28.5. The highest BCUT2D eigenvalue weighted by molar-refractivity contribution is 8.00. The highest BCUT2D eigenvalue weighted by Gasteiger charge is 2.45. The van der Waals surface area contributed by atoms with Crippen molar-refractivity contribution in [3.63, 3.8) is 0 Å². The average molecular weight is 812 g/mol. The zero-order chi connectivity index (χ0) is 39.6. The molecule has 5 aliphatic rings. The number of rotatable bonds is 14. The van der Waals surface area contributed by atoms with Crippen LogP contribution in [0.15, 0.2) is 30.3 Å². The van der Waals surface area contributed by atoms with Crippen LogP contribution in [0.1, 0.15) is 115 Å². The third-order valence-electron chi connectivity index (χ3n) is 12.9. The quantitative estimate of drug-likeness (QED) is 0.213. The van der Waals surface area contributed by atoms with Crippen molar-refractivity contribution in [2.24, 2.45) is 23.7 Å². The van der Waals surface area contributed by atoms with E-state index in [9.17, 15) is 28.8 Å². The minimum atomic E-state index is -0.729. The van der Waals surface area contributed by atoms with E-state index in [0.717, 1.165) is 62.7 Å². The second-order valence-electron chi connectivity index (χ2n) is 16.5. The molecule has 4 heterocycles. The minimum absolute atomic E-state index is 0.0140. The molecule has 13 heteroatoms. The number of fused-ring (bicyclic) bond motifs is 2. The molecule has 0 aromatic heterocycles. The van der Waals surface area contributed by atoms with Crippen molar-refractivity contribution in [3.05, 3.63) is 35.9 Å². The van der Waals surface area contributed by atoms with E-state index in [1.165, 1.54) is 20.6 Å². The number of hydrogen-bond acceptors (Lipinski definition) is 10. The van der Waals surface area contributed by atoms with Crippen LogP contribution in [0.25, 0.3) is 0 Å². The number of Topliss-reactive ketones (excluding diaryl/α,β-unsaturated/α-hetero) is 1. The molecule has 5 fully saturated rings. The first-order chi connectivity index (χ1) is 27.2. The number of carbonyl (C=O) groups is 6. The van der Waals surface area contributed by atoms with Gasteiger partial charge in [-0.15, -0.1) is 23.5 Å². The van der Waals surface area contributed by atoms with Crippen LogP contribution < -0.4 is 5.32 Å². The van der Waals surface area contributed by atoms with E-state index in [-0.39, 0.29) is 46.6 Å². The molecule has 4 aliphatic heterocycles. The van der Waals surface area contributed by atoms with E-state index >= 15 is 0 Å². The standard InChI is InChI=1S/C43H61N3O8S2/c1-53-42(51)34-15-9-17-37-45(34)40(49)32(21-23-55-37)27-36(47)30(25-28-11-5-3-6-12-28)19-20-31(26-29-13-7-4-8-14-29)39(48)44-33-22-24-56-38-18-10-16-35(43(52)54-2)46(38)41(33)50/h3,5-6,11-12,29-35,37-38H,4,7-10,13-27H2,1-2H3,(H,44,48)/t30-,31-,32-,33+,34+,35+,37+,38+/m1/s1. The molecule has 0 unspecified atom stereocenters. The smallest absolute Gasteiger partial charge is 0.328 e. The van der Waals surface area contributed by atoms with Crippen molar-refractivity contribution in [1.29, 1.82) is 0 Å². The number of ketones is 1. The second-order valence-corrected chi connectivity index (χ2v) is 19.1. The maximum Gasteiger partial charge on any atom is 0.328 e. The van der Waals surface area contributed by atoms with E-state index in [1.54, 1.807) is 33.3 Å². The Morgan fingerprint density at radius 2 is 1.30 bits per heavy atom. The summed E-state index contributed by atoms with van der Waals surface area (Å²) in [4.78, 5) is 86.1. The highest BCUT2D eigenvalue weighted by Crippen LogP contribution is 2.39. The van der Waals surface area contributed by atoms with E-state index in [0.29, 0.717) is 63.0 Å². The maximum atomic E-state index is 14.5. The summed E-state index contributed by atoms with van der Waals surface area (Å²) in [5, 5.41) is 2.96. The van der Waals surface area contributed by atoms with Gasteiger partial charge in [-0.25, -0.2) is 9.59 Å². The monoisotopic (exact) mass is 811 g/mol. The third-order valence-corrected chi connectivity index (χ3v) is 15.5. The Balaban J connectivity index is 1.19. The number of thioether (sulfide) groups is 2. The lowest BCUT2D eigenvalue weighted by Gasteiger charge is -2.40. The Labute approximate surface area is 340 Å². The Morgan fingerprint density at radius 3 is 1.93 bits per heavy atom. The fraction of sp³-hybridized carbons (Fsp3) is 0.721. The van der Waals surface area contributed by atoms with E-state index < -0.39 is 41.9 Å². The highest BCUT2D eigenvalue weighted by atomic mass is 32.2. The van der Waals surface area contributed by atoms with Crippen LogP contribution >= 0.6 is 23.5 Å². The van der Waals surface area contributed by atoms with Crippen molar-refractivity contribution in [2.45, 2.75) is 144 Å². The van der Waals surface area contributed by atoms with Crippen LogP contribution in [-0.2, 0) is 44.7 Å². The predicted octanol–water partition coefficient (Wildman–Crippen LogP) is 6.31.